The average Bonchev–Trinajstić information content (AvgIpc) is 2.47. The molecule has 0 unspecified atom stereocenters. The number of rotatable bonds is 7. The van der Waals surface area contributed by atoms with E-state index in [9.17, 15) is 0 Å². The van der Waals surface area contributed by atoms with Crippen LogP contribution in [0.15, 0.2) is 48.5 Å². The van der Waals surface area contributed by atoms with Gasteiger partial charge in [0, 0.05) is 6.54 Å². The van der Waals surface area contributed by atoms with Gasteiger partial charge in [0.1, 0.15) is 5.75 Å². The smallest absolute Gasteiger partial charge is 0.169 e. The van der Waals surface area contributed by atoms with Crippen molar-refractivity contribution in [2.45, 2.75) is 13.3 Å². The second kappa shape index (κ2) is 7.70. The molecule has 0 aliphatic carbocycles. The first-order valence-corrected chi connectivity index (χ1v) is 7.26. The summed E-state index contributed by atoms with van der Waals surface area (Å²) in [6.07, 6.45) is 0.992. The topological polar surface area (TPSA) is 21.7 Å². The summed E-state index contributed by atoms with van der Waals surface area (Å²) in [5.74, 6) is 2.37. The summed E-state index contributed by atoms with van der Waals surface area (Å²) in [6.45, 7) is 3.76. The van der Waals surface area contributed by atoms with Gasteiger partial charge >= 0.3 is 0 Å². The lowest BCUT2D eigenvalue weighted by atomic mass is 10.2. The average molecular weight is 285 g/mol. The molecule has 112 valence electrons. The highest BCUT2D eigenvalue weighted by molar-refractivity contribution is 5.43. The van der Waals surface area contributed by atoms with Crippen LogP contribution in [0.4, 0.5) is 0 Å². The molecular weight excluding hydrogens is 262 g/mol. The number of nitrogens with zero attached hydrogens (tertiary/aromatic N) is 1. The molecule has 0 bridgehead atoms. The predicted molar refractivity (Wildman–Crippen MR) is 86.4 cm³/mol. The minimum atomic E-state index is 0.687. The van der Waals surface area contributed by atoms with Crippen LogP contribution in [-0.4, -0.2) is 32.1 Å². The van der Waals surface area contributed by atoms with Gasteiger partial charge in [-0.15, -0.1) is 0 Å². The molecule has 0 aliphatic heterocycles. The van der Waals surface area contributed by atoms with Crippen LogP contribution in [0.5, 0.6) is 17.2 Å². The molecule has 0 radical (unpaired) electrons. The van der Waals surface area contributed by atoms with Crippen molar-refractivity contribution in [3.8, 4) is 17.2 Å². The maximum Gasteiger partial charge on any atom is 0.169 e. The Bertz CT molecular complexity index is 549. The van der Waals surface area contributed by atoms with E-state index in [4.69, 9.17) is 9.47 Å². The molecule has 3 nitrogen and oxygen atoms in total. The van der Waals surface area contributed by atoms with Gasteiger partial charge < -0.3 is 14.4 Å². The lowest BCUT2D eigenvalue weighted by molar-refractivity contribution is 0.272. The molecule has 2 aromatic rings. The molecule has 0 heterocycles. The van der Waals surface area contributed by atoms with Crippen molar-refractivity contribution in [1.82, 2.24) is 4.90 Å². The monoisotopic (exact) mass is 285 g/mol. The van der Waals surface area contributed by atoms with Crippen LogP contribution >= 0.6 is 0 Å². The molecule has 0 atom stereocenters. The van der Waals surface area contributed by atoms with Crippen LogP contribution in [-0.2, 0) is 0 Å². The van der Waals surface area contributed by atoms with Crippen LogP contribution in [0.3, 0.4) is 0 Å². The van der Waals surface area contributed by atoms with Crippen LogP contribution in [0.1, 0.15) is 12.0 Å². The van der Waals surface area contributed by atoms with Gasteiger partial charge in [0.25, 0.3) is 0 Å². The molecule has 2 rings (SSSR count). The van der Waals surface area contributed by atoms with Crippen LogP contribution < -0.4 is 9.47 Å². The lowest BCUT2D eigenvalue weighted by Crippen LogP contribution is -2.15. The molecule has 0 spiro atoms. The zero-order valence-corrected chi connectivity index (χ0v) is 13.0. The first-order chi connectivity index (χ1) is 10.1. The van der Waals surface area contributed by atoms with Gasteiger partial charge in [-0.2, -0.15) is 0 Å². The quantitative estimate of drug-likeness (QED) is 0.714. The zero-order valence-electron chi connectivity index (χ0n) is 13.0. The summed E-state index contributed by atoms with van der Waals surface area (Å²) < 4.78 is 11.7. The Kier molecular flexibility index (Phi) is 5.64. The largest absolute Gasteiger partial charge is 0.490 e. The summed E-state index contributed by atoms with van der Waals surface area (Å²) >= 11 is 0. The molecule has 0 aromatic heterocycles. The van der Waals surface area contributed by atoms with E-state index in [0.717, 1.165) is 30.2 Å². The van der Waals surface area contributed by atoms with Crippen molar-refractivity contribution in [2.24, 2.45) is 0 Å². The van der Waals surface area contributed by atoms with Gasteiger partial charge in [-0.05, 0) is 51.7 Å². The van der Waals surface area contributed by atoms with Crippen molar-refractivity contribution in [1.29, 1.82) is 0 Å². The van der Waals surface area contributed by atoms with E-state index in [1.54, 1.807) is 0 Å². The Morgan fingerprint density at radius 3 is 2.24 bits per heavy atom. The fourth-order valence-electron chi connectivity index (χ4n) is 1.95. The lowest BCUT2D eigenvalue weighted by Gasteiger charge is -2.13. The molecule has 0 aliphatic rings. The maximum absolute atomic E-state index is 5.91. The normalized spacial score (nSPS) is 10.7. The van der Waals surface area contributed by atoms with Gasteiger partial charge in [-0.1, -0.05) is 29.8 Å². The van der Waals surface area contributed by atoms with E-state index in [2.05, 4.69) is 25.9 Å². The highest BCUT2D eigenvalue weighted by Gasteiger charge is 2.05. The van der Waals surface area contributed by atoms with Crippen LogP contribution in [0, 0.1) is 6.92 Å². The third-order valence-corrected chi connectivity index (χ3v) is 3.11. The van der Waals surface area contributed by atoms with Crippen LogP contribution in [0.2, 0.25) is 0 Å². The number of benzene rings is 2. The van der Waals surface area contributed by atoms with Crippen molar-refractivity contribution < 1.29 is 9.47 Å². The van der Waals surface area contributed by atoms with E-state index in [0.29, 0.717) is 6.61 Å². The van der Waals surface area contributed by atoms with Crippen molar-refractivity contribution in [2.75, 3.05) is 27.2 Å². The molecule has 0 saturated heterocycles. The Balaban J connectivity index is 1.97. The fourth-order valence-corrected chi connectivity index (χ4v) is 1.95. The van der Waals surface area contributed by atoms with Crippen molar-refractivity contribution >= 4 is 0 Å². The van der Waals surface area contributed by atoms with Crippen molar-refractivity contribution in [3.05, 3.63) is 54.1 Å². The van der Waals surface area contributed by atoms with Gasteiger partial charge in [0.15, 0.2) is 11.5 Å². The highest BCUT2D eigenvalue weighted by atomic mass is 16.5. The summed E-state index contributed by atoms with van der Waals surface area (Å²) in [5, 5.41) is 0. The van der Waals surface area contributed by atoms with E-state index in [-0.39, 0.29) is 0 Å². The molecule has 0 saturated carbocycles. The van der Waals surface area contributed by atoms with Gasteiger partial charge in [0.05, 0.1) is 6.61 Å². The SMILES string of the molecule is Cc1ccc(Oc2ccccc2OCCCN(C)C)cc1. The van der Waals surface area contributed by atoms with Gasteiger partial charge in [-0.3, -0.25) is 0 Å². The van der Waals surface area contributed by atoms with E-state index >= 15 is 0 Å². The number of aryl methyl sites for hydroxylation is 1. The fraction of sp³-hybridized carbons (Fsp3) is 0.333. The first kappa shape index (κ1) is 15.4. The molecule has 0 amide bonds. The summed E-state index contributed by atoms with van der Waals surface area (Å²) in [7, 11) is 4.13. The number of ether oxygens (including phenoxy) is 2. The van der Waals surface area contributed by atoms with Crippen LogP contribution in [0.25, 0.3) is 0 Å². The molecule has 21 heavy (non-hydrogen) atoms. The van der Waals surface area contributed by atoms with E-state index < -0.39 is 0 Å². The number of hydrogen-bond donors (Lipinski definition) is 0. The highest BCUT2D eigenvalue weighted by Crippen LogP contribution is 2.31. The standard InChI is InChI=1S/C18H23NO2/c1-15-9-11-16(12-10-15)21-18-8-5-4-7-17(18)20-14-6-13-19(2)3/h4-5,7-12H,6,13-14H2,1-3H3. The Labute approximate surface area is 127 Å². The van der Waals surface area contributed by atoms with Gasteiger partial charge in [0.2, 0.25) is 0 Å². The Hall–Kier alpha value is -2.00. The molecular formula is C18H23NO2. The summed E-state index contributed by atoms with van der Waals surface area (Å²) in [6, 6.07) is 15.8. The summed E-state index contributed by atoms with van der Waals surface area (Å²) in [5.41, 5.74) is 1.22. The first-order valence-electron chi connectivity index (χ1n) is 7.26. The molecule has 0 N–H and O–H groups in total. The summed E-state index contributed by atoms with van der Waals surface area (Å²) in [4.78, 5) is 2.15. The third kappa shape index (κ3) is 5.12. The molecule has 3 heteroatoms. The minimum Gasteiger partial charge on any atom is -0.490 e. The zero-order chi connectivity index (χ0) is 15.1. The minimum absolute atomic E-state index is 0.687. The van der Waals surface area contributed by atoms with Crippen molar-refractivity contribution in [3.63, 3.8) is 0 Å². The second-order valence-electron chi connectivity index (χ2n) is 5.37. The Morgan fingerprint density at radius 1 is 0.905 bits per heavy atom. The maximum atomic E-state index is 5.91. The van der Waals surface area contributed by atoms with E-state index in [1.807, 2.05) is 48.5 Å². The van der Waals surface area contributed by atoms with E-state index in [1.165, 1.54) is 5.56 Å². The predicted octanol–water partition coefficient (Wildman–Crippen LogP) is 4.12. The second-order valence-corrected chi connectivity index (χ2v) is 5.37. The number of para-hydroxylation sites is 2. The molecule has 0 fully saturated rings. The third-order valence-electron chi connectivity index (χ3n) is 3.11. The molecule has 2 aromatic carbocycles. The Morgan fingerprint density at radius 2 is 1.57 bits per heavy atom. The number of hydrogen-bond acceptors (Lipinski definition) is 3. The van der Waals surface area contributed by atoms with Gasteiger partial charge in [-0.25, -0.2) is 0 Å².